The molecule has 0 spiro atoms. The van der Waals surface area contributed by atoms with Crippen molar-refractivity contribution in [2.45, 2.75) is 41.5 Å². The third kappa shape index (κ3) is 12.1. The first-order valence-electron chi connectivity index (χ1n) is 32.5. The highest BCUT2D eigenvalue weighted by molar-refractivity contribution is 7.26. The highest BCUT2D eigenvalue weighted by atomic mass is 32.1. The number of aryl methyl sites for hydroxylation is 6. The Hall–Kier alpha value is -10.9. The van der Waals surface area contributed by atoms with Crippen molar-refractivity contribution < 1.29 is 13.3 Å². The van der Waals surface area contributed by atoms with Crippen molar-refractivity contribution in [1.29, 1.82) is 0 Å². The maximum absolute atomic E-state index is 5.97. The Morgan fingerprint density at radius 1 is 0.198 bits per heavy atom. The van der Waals surface area contributed by atoms with Crippen molar-refractivity contribution in [2.75, 3.05) is 0 Å². The van der Waals surface area contributed by atoms with E-state index in [2.05, 4.69) is 290 Å². The highest BCUT2D eigenvalue weighted by Gasteiger charge is 2.13. The zero-order valence-electron chi connectivity index (χ0n) is 54.3. The summed E-state index contributed by atoms with van der Waals surface area (Å²) in [7, 11) is 0. The van der Waals surface area contributed by atoms with Crippen molar-refractivity contribution in [2.24, 2.45) is 0 Å². The number of hydrogen-bond donors (Lipinski definition) is 0. The molecule has 0 fully saturated rings. The van der Waals surface area contributed by atoms with Crippen LogP contribution >= 0.6 is 34.0 Å². The predicted octanol–water partition coefficient (Wildman–Crippen LogP) is 28.1. The van der Waals surface area contributed by atoms with E-state index in [1.54, 1.807) is 0 Å². The molecule has 0 saturated heterocycles. The number of furan rings is 3. The SMILES string of the molecule is Cc1cccc2c1oc1ccc(-c3ccccc3)cc12.Cc1cccc2c1oc1ccccc12.Cc1cccc2c1sc1ccc(-c3ccccc3)cc12.Cc1cccc2c1sc1ccccc12.Cc1cccc2oc3ccccc3c12.Cc1cccc2sc3ccccc3c12. The summed E-state index contributed by atoms with van der Waals surface area (Å²) < 4.78 is 25.9. The molecule has 0 radical (unpaired) electrons. The van der Waals surface area contributed by atoms with Gasteiger partial charge in [-0.1, -0.05) is 243 Å². The molecule has 464 valence electrons. The number of benzene rings is 14. The van der Waals surface area contributed by atoms with Gasteiger partial charge in [-0.25, -0.2) is 0 Å². The maximum Gasteiger partial charge on any atom is 0.138 e. The van der Waals surface area contributed by atoms with Crippen LogP contribution in [0, 0.1) is 41.5 Å². The summed E-state index contributed by atoms with van der Waals surface area (Å²) in [5.74, 6) is 0. The molecular formula is C90H68O3S3. The molecule has 6 aromatic heterocycles. The number of hydrogen-bond acceptors (Lipinski definition) is 6. The van der Waals surface area contributed by atoms with Gasteiger partial charge in [-0.05, 0) is 158 Å². The average molecular weight is 1290 g/mol. The Labute approximate surface area is 570 Å². The fourth-order valence-electron chi connectivity index (χ4n) is 13.2. The minimum atomic E-state index is 0.953. The van der Waals surface area contributed by atoms with Gasteiger partial charge in [-0.15, -0.1) is 34.0 Å². The number of fused-ring (bicyclic) bond motifs is 18. The third-order valence-electron chi connectivity index (χ3n) is 18.0. The monoisotopic (exact) mass is 1290 g/mol. The molecule has 0 unspecified atom stereocenters. The number of rotatable bonds is 2. The van der Waals surface area contributed by atoms with Gasteiger partial charge in [0.2, 0.25) is 0 Å². The molecule has 20 rings (SSSR count). The van der Waals surface area contributed by atoms with Gasteiger partial charge < -0.3 is 13.3 Å². The number of para-hydroxylation sites is 4. The van der Waals surface area contributed by atoms with E-state index in [4.69, 9.17) is 13.3 Å². The Morgan fingerprint density at radius 3 is 1.21 bits per heavy atom. The van der Waals surface area contributed by atoms with Crippen LogP contribution in [0.2, 0.25) is 0 Å². The van der Waals surface area contributed by atoms with Crippen LogP contribution in [0.1, 0.15) is 33.4 Å². The lowest BCUT2D eigenvalue weighted by atomic mass is 10.0. The van der Waals surface area contributed by atoms with Gasteiger partial charge in [0.1, 0.15) is 33.5 Å². The fraction of sp³-hybridized carbons (Fsp3) is 0.0667. The Kier molecular flexibility index (Phi) is 17.2. The summed E-state index contributed by atoms with van der Waals surface area (Å²) in [5, 5.41) is 15.6. The lowest BCUT2D eigenvalue weighted by Crippen LogP contribution is -1.76. The molecule has 96 heavy (non-hydrogen) atoms. The second-order valence-corrected chi connectivity index (χ2v) is 27.6. The van der Waals surface area contributed by atoms with Gasteiger partial charge in [0, 0.05) is 92.8 Å². The standard InChI is InChI=1S/C19H14O.C19H14S.2C13H10O.2C13H10S/c2*1-13-6-5-9-16-17-12-15(14-7-3-2-4-8-14)10-11-18(17)20-19(13)16;1-9-5-4-7-11-10-6-2-3-8-12(10)14-13(9)11;1-9-5-4-8-12-13(9)10-6-2-3-7-11(10)14-12;1-9-5-4-7-11-10-6-2-3-8-12(10)14-13(9)11;1-9-5-4-8-12-13(9)10-6-2-3-7-11(10)14-12/h2*2-12H,1H3;4*2-8H,1H3. The average Bonchev–Trinajstić information content (AvgIpc) is 1.67. The van der Waals surface area contributed by atoms with E-state index >= 15 is 0 Å². The summed E-state index contributed by atoms with van der Waals surface area (Å²) in [6.07, 6.45) is 0. The quantitative estimate of drug-likeness (QED) is 0.173. The normalized spacial score (nSPS) is 11.2. The van der Waals surface area contributed by atoms with E-state index in [0.29, 0.717) is 0 Å². The molecule has 0 saturated carbocycles. The van der Waals surface area contributed by atoms with Gasteiger partial charge in [-0.2, -0.15) is 0 Å². The first kappa shape index (κ1) is 61.3. The second-order valence-electron chi connectivity index (χ2n) is 24.5. The first-order chi connectivity index (χ1) is 47.1. The zero-order chi connectivity index (χ0) is 65.2. The molecule has 14 aromatic carbocycles. The third-order valence-corrected chi connectivity index (χ3v) is 21.8. The van der Waals surface area contributed by atoms with Gasteiger partial charge in [0.15, 0.2) is 0 Å². The summed E-state index contributed by atoms with van der Waals surface area (Å²) >= 11 is 5.66. The Morgan fingerprint density at radius 2 is 0.583 bits per heavy atom. The summed E-state index contributed by atoms with van der Waals surface area (Å²) in [5.41, 5.74) is 18.7. The van der Waals surface area contributed by atoms with E-state index < -0.39 is 0 Å². The highest BCUT2D eigenvalue weighted by Crippen LogP contribution is 2.41. The van der Waals surface area contributed by atoms with Gasteiger partial charge in [0.05, 0.1) is 0 Å². The molecule has 6 heterocycles. The molecule has 3 nitrogen and oxygen atoms in total. The van der Waals surface area contributed by atoms with Crippen molar-refractivity contribution in [3.8, 4) is 22.3 Å². The molecule has 0 N–H and O–H groups in total. The van der Waals surface area contributed by atoms with E-state index in [9.17, 15) is 0 Å². The summed E-state index contributed by atoms with van der Waals surface area (Å²) in [4.78, 5) is 0. The Balaban J connectivity index is 0.0000000953. The molecule has 0 aliphatic heterocycles. The molecule has 0 amide bonds. The largest absolute Gasteiger partial charge is 0.456 e. The lowest BCUT2D eigenvalue weighted by molar-refractivity contribution is 0.665. The predicted molar refractivity (Wildman–Crippen MR) is 418 cm³/mol. The lowest BCUT2D eigenvalue weighted by Gasteiger charge is -2.01. The van der Waals surface area contributed by atoms with Gasteiger partial charge in [-0.3, -0.25) is 0 Å². The molecule has 0 atom stereocenters. The molecule has 0 aliphatic carbocycles. The second kappa shape index (κ2) is 26.9. The van der Waals surface area contributed by atoms with Crippen molar-refractivity contribution in [3.63, 3.8) is 0 Å². The van der Waals surface area contributed by atoms with E-state index in [0.717, 1.165) is 33.5 Å². The van der Waals surface area contributed by atoms with E-state index in [1.165, 1.54) is 148 Å². The molecule has 0 bridgehead atoms. The summed E-state index contributed by atoms with van der Waals surface area (Å²) in [6, 6.07) is 106. The van der Waals surface area contributed by atoms with Crippen LogP contribution in [0.3, 0.4) is 0 Å². The van der Waals surface area contributed by atoms with Crippen LogP contribution in [0.4, 0.5) is 0 Å². The molecule has 20 aromatic rings. The Bertz CT molecular complexity index is 5780. The maximum atomic E-state index is 5.97. The zero-order valence-corrected chi connectivity index (χ0v) is 56.8. The molecular weight excluding hydrogens is 1230 g/mol. The summed E-state index contributed by atoms with van der Waals surface area (Å²) in [6.45, 7) is 12.8. The van der Waals surface area contributed by atoms with Crippen LogP contribution in [0.25, 0.3) is 149 Å². The minimum absolute atomic E-state index is 0.953. The molecule has 6 heteroatoms. The van der Waals surface area contributed by atoms with Crippen molar-refractivity contribution in [1.82, 2.24) is 0 Å². The van der Waals surface area contributed by atoms with Crippen LogP contribution < -0.4 is 0 Å². The minimum Gasteiger partial charge on any atom is -0.456 e. The smallest absolute Gasteiger partial charge is 0.138 e. The van der Waals surface area contributed by atoms with Gasteiger partial charge >= 0.3 is 0 Å². The number of thiophene rings is 3. The first-order valence-corrected chi connectivity index (χ1v) is 35.0. The topological polar surface area (TPSA) is 39.4 Å². The van der Waals surface area contributed by atoms with Crippen LogP contribution in [0.15, 0.2) is 317 Å². The van der Waals surface area contributed by atoms with Gasteiger partial charge in [0.25, 0.3) is 0 Å². The van der Waals surface area contributed by atoms with Crippen LogP contribution in [-0.4, -0.2) is 0 Å². The van der Waals surface area contributed by atoms with Crippen molar-refractivity contribution >= 4 is 160 Å². The van der Waals surface area contributed by atoms with E-state index in [1.807, 2.05) is 88.6 Å². The molecule has 0 aliphatic rings. The van der Waals surface area contributed by atoms with Crippen LogP contribution in [0.5, 0.6) is 0 Å². The van der Waals surface area contributed by atoms with Crippen LogP contribution in [-0.2, 0) is 0 Å². The van der Waals surface area contributed by atoms with E-state index in [-0.39, 0.29) is 0 Å². The fourth-order valence-corrected chi connectivity index (χ4v) is 16.7. The van der Waals surface area contributed by atoms with Crippen molar-refractivity contribution in [3.05, 3.63) is 337 Å².